The first-order valence-corrected chi connectivity index (χ1v) is 4.31. The Labute approximate surface area is 75.0 Å². The van der Waals surface area contributed by atoms with Crippen LogP contribution in [0.1, 0.15) is 25.3 Å². The molecule has 1 aromatic heterocycles. The number of nitrogen functional groups attached to an aromatic ring is 1. The third-order valence-electron chi connectivity index (χ3n) is 1.56. The van der Waals surface area contributed by atoms with Gasteiger partial charge in [-0.15, -0.1) is 0 Å². The minimum Gasteiger partial charge on any atom is -0.383 e. The van der Waals surface area contributed by atoms with Crippen LogP contribution in [0.5, 0.6) is 0 Å². The van der Waals surface area contributed by atoms with E-state index in [9.17, 15) is 0 Å². The lowest BCUT2D eigenvalue weighted by atomic mass is 10.1. The molecular weight excluding hydrogens is 204 g/mol. The molecule has 3 heteroatoms. The summed E-state index contributed by atoms with van der Waals surface area (Å²) >= 11 is 3.33. The molecule has 0 fully saturated rings. The maximum Gasteiger partial charge on any atom is 0.137 e. The van der Waals surface area contributed by atoms with Gasteiger partial charge in [0.15, 0.2) is 0 Å². The predicted octanol–water partition coefficient (Wildman–Crippen LogP) is 2.55. The Morgan fingerprint density at radius 3 is 2.64 bits per heavy atom. The molecule has 0 atom stereocenters. The van der Waals surface area contributed by atoms with Crippen molar-refractivity contribution in [2.45, 2.75) is 19.8 Å². The highest BCUT2D eigenvalue weighted by atomic mass is 79.9. The molecule has 0 saturated carbocycles. The van der Waals surface area contributed by atoms with Gasteiger partial charge in [-0.05, 0) is 33.5 Å². The van der Waals surface area contributed by atoms with Gasteiger partial charge < -0.3 is 5.73 Å². The molecule has 0 aliphatic rings. The fraction of sp³-hybridized carbons (Fsp3) is 0.375. The summed E-state index contributed by atoms with van der Waals surface area (Å²) in [6, 6.07) is 2.01. The number of aromatic nitrogens is 1. The van der Waals surface area contributed by atoms with Crippen LogP contribution in [0.25, 0.3) is 0 Å². The second-order valence-electron chi connectivity index (χ2n) is 2.79. The molecule has 0 spiro atoms. The Kier molecular flexibility index (Phi) is 2.49. The maximum atomic E-state index is 5.53. The van der Waals surface area contributed by atoms with E-state index >= 15 is 0 Å². The maximum absolute atomic E-state index is 5.53. The Balaban J connectivity index is 3.05. The summed E-state index contributed by atoms with van der Waals surface area (Å²) in [5, 5.41) is 0. The molecule has 11 heavy (non-hydrogen) atoms. The highest BCUT2D eigenvalue weighted by Crippen LogP contribution is 2.21. The van der Waals surface area contributed by atoms with Crippen molar-refractivity contribution >= 4 is 21.7 Å². The molecular formula is C8H11BrN2. The van der Waals surface area contributed by atoms with E-state index in [0.29, 0.717) is 11.7 Å². The van der Waals surface area contributed by atoms with Crippen LogP contribution in [0.3, 0.4) is 0 Å². The van der Waals surface area contributed by atoms with Crippen LogP contribution in [0.4, 0.5) is 5.82 Å². The van der Waals surface area contributed by atoms with E-state index in [0.717, 1.165) is 4.47 Å². The minimum absolute atomic E-state index is 0.499. The standard InChI is InChI=1S/C8H11BrN2/c1-5(2)6-3-7(9)8(10)11-4-6/h3-5H,1-2H3,(H2,10,11). The molecule has 2 N–H and O–H groups in total. The molecule has 0 amide bonds. The first kappa shape index (κ1) is 8.53. The lowest BCUT2D eigenvalue weighted by Crippen LogP contribution is -1.94. The number of nitrogens with zero attached hydrogens (tertiary/aromatic N) is 1. The second kappa shape index (κ2) is 3.22. The molecule has 60 valence electrons. The highest BCUT2D eigenvalue weighted by molar-refractivity contribution is 9.10. The van der Waals surface area contributed by atoms with Gasteiger partial charge >= 0.3 is 0 Å². The van der Waals surface area contributed by atoms with Gasteiger partial charge in [-0.2, -0.15) is 0 Å². The van der Waals surface area contributed by atoms with Crippen LogP contribution in [0.2, 0.25) is 0 Å². The van der Waals surface area contributed by atoms with Gasteiger partial charge in [-0.3, -0.25) is 0 Å². The summed E-state index contributed by atoms with van der Waals surface area (Å²) in [4.78, 5) is 4.03. The lowest BCUT2D eigenvalue weighted by Gasteiger charge is -2.05. The van der Waals surface area contributed by atoms with E-state index < -0.39 is 0 Å². The van der Waals surface area contributed by atoms with Crippen molar-refractivity contribution in [2.75, 3.05) is 5.73 Å². The number of anilines is 1. The van der Waals surface area contributed by atoms with E-state index in [1.807, 2.05) is 12.3 Å². The SMILES string of the molecule is CC(C)c1cnc(N)c(Br)c1. The smallest absolute Gasteiger partial charge is 0.137 e. The molecule has 1 aromatic rings. The van der Waals surface area contributed by atoms with Gasteiger partial charge in [0.2, 0.25) is 0 Å². The van der Waals surface area contributed by atoms with E-state index in [-0.39, 0.29) is 0 Å². The Morgan fingerprint density at radius 2 is 2.18 bits per heavy atom. The average Bonchev–Trinajstić information content (AvgIpc) is 1.94. The third-order valence-corrected chi connectivity index (χ3v) is 2.19. The average molecular weight is 215 g/mol. The van der Waals surface area contributed by atoms with Crippen LogP contribution >= 0.6 is 15.9 Å². The topological polar surface area (TPSA) is 38.9 Å². The summed E-state index contributed by atoms with van der Waals surface area (Å²) < 4.78 is 0.878. The fourth-order valence-corrected chi connectivity index (χ4v) is 1.15. The van der Waals surface area contributed by atoms with Gasteiger partial charge in [0.25, 0.3) is 0 Å². The second-order valence-corrected chi connectivity index (χ2v) is 3.64. The Morgan fingerprint density at radius 1 is 1.55 bits per heavy atom. The minimum atomic E-state index is 0.499. The molecule has 0 bridgehead atoms. The quantitative estimate of drug-likeness (QED) is 0.781. The molecule has 0 aliphatic carbocycles. The molecule has 2 nitrogen and oxygen atoms in total. The van der Waals surface area contributed by atoms with Gasteiger partial charge in [-0.1, -0.05) is 13.8 Å². The van der Waals surface area contributed by atoms with E-state index in [2.05, 4.69) is 34.8 Å². The summed E-state index contributed by atoms with van der Waals surface area (Å²) in [6.07, 6.45) is 1.81. The fourth-order valence-electron chi connectivity index (χ4n) is 0.779. The zero-order chi connectivity index (χ0) is 8.43. The summed E-state index contributed by atoms with van der Waals surface area (Å²) in [5.41, 5.74) is 6.73. The van der Waals surface area contributed by atoms with Crippen LogP contribution in [-0.4, -0.2) is 4.98 Å². The van der Waals surface area contributed by atoms with Gasteiger partial charge in [-0.25, -0.2) is 4.98 Å². The first-order chi connectivity index (χ1) is 5.11. The van der Waals surface area contributed by atoms with Crippen molar-refractivity contribution in [2.24, 2.45) is 0 Å². The third kappa shape index (κ3) is 1.93. The Bertz CT molecular complexity index is 258. The normalized spacial score (nSPS) is 10.5. The predicted molar refractivity (Wildman–Crippen MR) is 50.4 cm³/mol. The summed E-state index contributed by atoms with van der Waals surface area (Å²) in [7, 11) is 0. The number of hydrogen-bond donors (Lipinski definition) is 1. The van der Waals surface area contributed by atoms with Crippen LogP contribution in [0, 0.1) is 0 Å². The number of pyridine rings is 1. The zero-order valence-corrected chi connectivity index (χ0v) is 8.22. The van der Waals surface area contributed by atoms with E-state index in [4.69, 9.17) is 5.73 Å². The molecule has 0 aromatic carbocycles. The van der Waals surface area contributed by atoms with Crippen molar-refractivity contribution in [1.82, 2.24) is 4.98 Å². The van der Waals surface area contributed by atoms with Crippen molar-refractivity contribution < 1.29 is 0 Å². The molecule has 0 radical (unpaired) electrons. The van der Waals surface area contributed by atoms with Crippen molar-refractivity contribution in [1.29, 1.82) is 0 Å². The number of halogens is 1. The largest absolute Gasteiger partial charge is 0.383 e. The molecule has 0 unspecified atom stereocenters. The number of rotatable bonds is 1. The number of nitrogens with two attached hydrogens (primary N) is 1. The monoisotopic (exact) mass is 214 g/mol. The molecule has 0 saturated heterocycles. The summed E-state index contributed by atoms with van der Waals surface area (Å²) in [6.45, 7) is 4.25. The van der Waals surface area contributed by atoms with E-state index in [1.165, 1.54) is 5.56 Å². The van der Waals surface area contributed by atoms with Crippen LogP contribution in [0.15, 0.2) is 16.7 Å². The van der Waals surface area contributed by atoms with Crippen LogP contribution in [-0.2, 0) is 0 Å². The van der Waals surface area contributed by atoms with Gasteiger partial charge in [0, 0.05) is 6.20 Å². The highest BCUT2D eigenvalue weighted by Gasteiger charge is 2.02. The first-order valence-electron chi connectivity index (χ1n) is 3.52. The van der Waals surface area contributed by atoms with Crippen molar-refractivity contribution in [3.8, 4) is 0 Å². The number of hydrogen-bond acceptors (Lipinski definition) is 2. The zero-order valence-electron chi connectivity index (χ0n) is 6.63. The Hall–Kier alpha value is -0.570. The van der Waals surface area contributed by atoms with Crippen molar-refractivity contribution in [3.63, 3.8) is 0 Å². The lowest BCUT2D eigenvalue weighted by molar-refractivity contribution is 0.857. The van der Waals surface area contributed by atoms with E-state index in [1.54, 1.807) is 0 Å². The van der Waals surface area contributed by atoms with Crippen molar-refractivity contribution in [3.05, 3.63) is 22.3 Å². The van der Waals surface area contributed by atoms with Gasteiger partial charge in [0.1, 0.15) is 5.82 Å². The molecule has 1 rings (SSSR count). The molecule has 0 aliphatic heterocycles. The summed E-state index contributed by atoms with van der Waals surface area (Å²) in [5.74, 6) is 1.05. The van der Waals surface area contributed by atoms with Gasteiger partial charge in [0.05, 0.1) is 4.47 Å². The van der Waals surface area contributed by atoms with Crippen LogP contribution < -0.4 is 5.73 Å². The molecule has 1 heterocycles.